The van der Waals surface area contributed by atoms with E-state index in [9.17, 15) is 23.1 Å². The molecule has 0 fully saturated rings. The van der Waals surface area contributed by atoms with Crippen LogP contribution < -0.4 is 0 Å². The second-order valence-corrected chi connectivity index (χ2v) is 5.43. The van der Waals surface area contributed by atoms with Crippen molar-refractivity contribution in [1.82, 2.24) is 5.01 Å². The molecule has 2 heterocycles. The average Bonchev–Trinajstić information content (AvgIpc) is 3.12. The number of amides is 1. The van der Waals surface area contributed by atoms with Gasteiger partial charge < -0.3 is 9.52 Å². The smallest absolute Gasteiger partial charge is 0.438 e. The topological polar surface area (TPSA) is 66.0 Å². The maximum absolute atomic E-state index is 13.4. The fourth-order valence-corrected chi connectivity index (χ4v) is 2.43. The number of carbonyl (C=O) groups is 1. The fraction of sp³-hybridized carbons (Fsp3) is 0.250. The van der Waals surface area contributed by atoms with Crippen LogP contribution in [0.15, 0.2) is 52.0 Å². The highest BCUT2D eigenvalue weighted by molar-refractivity contribution is 6.04. The van der Waals surface area contributed by atoms with Crippen molar-refractivity contribution in [1.29, 1.82) is 0 Å². The summed E-state index contributed by atoms with van der Waals surface area (Å²) in [6, 6.07) is 10.8. The van der Waals surface area contributed by atoms with Crippen molar-refractivity contribution in [3.63, 3.8) is 0 Å². The van der Waals surface area contributed by atoms with E-state index in [0.29, 0.717) is 11.3 Å². The molecule has 1 aliphatic rings. The van der Waals surface area contributed by atoms with Crippen molar-refractivity contribution in [3.05, 3.63) is 59.5 Å². The minimum atomic E-state index is -5.08. The van der Waals surface area contributed by atoms with Gasteiger partial charge in [-0.05, 0) is 24.6 Å². The Balaban J connectivity index is 2.04. The number of rotatable bonds is 2. The molecule has 0 saturated carbocycles. The summed E-state index contributed by atoms with van der Waals surface area (Å²) in [5.74, 6) is -1.12. The van der Waals surface area contributed by atoms with Gasteiger partial charge in [0.25, 0.3) is 5.72 Å². The van der Waals surface area contributed by atoms with E-state index in [1.165, 1.54) is 12.1 Å². The van der Waals surface area contributed by atoms with E-state index >= 15 is 0 Å². The second-order valence-electron chi connectivity index (χ2n) is 5.43. The Kier molecular flexibility index (Phi) is 3.71. The maximum atomic E-state index is 13.4. The standard InChI is InChI=1S/C16H13F3N2O3/c1-10-7-8-13(24-10)14(22)21-15(23,16(17,18)19)9-12(20-21)11-5-3-2-4-6-11/h2-8,23H,9H2,1H3/t15-/m0/s1. The summed E-state index contributed by atoms with van der Waals surface area (Å²) in [7, 11) is 0. The van der Waals surface area contributed by atoms with Crippen molar-refractivity contribution in [3.8, 4) is 0 Å². The van der Waals surface area contributed by atoms with E-state index in [1.54, 1.807) is 37.3 Å². The summed E-state index contributed by atoms with van der Waals surface area (Å²) in [4.78, 5) is 12.4. The third kappa shape index (κ3) is 2.58. The Morgan fingerprint density at radius 2 is 1.92 bits per heavy atom. The van der Waals surface area contributed by atoms with Crippen LogP contribution in [0.4, 0.5) is 13.2 Å². The quantitative estimate of drug-likeness (QED) is 0.915. The lowest BCUT2D eigenvalue weighted by molar-refractivity contribution is -0.297. The van der Waals surface area contributed by atoms with E-state index in [4.69, 9.17) is 4.42 Å². The number of hydrogen-bond donors (Lipinski definition) is 1. The first kappa shape index (κ1) is 16.3. The molecule has 1 aromatic carbocycles. The lowest BCUT2D eigenvalue weighted by atomic mass is 10.0. The second kappa shape index (κ2) is 5.48. The van der Waals surface area contributed by atoms with E-state index in [2.05, 4.69) is 5.10 Å². The Morgan fingerprint density at radius 3 is 2.46 bits per heavy atom. The number of aryl methyl sites for hydroxylation is 1. The van der Waals surface area contributed by atoms with Gasteiger partial charge in [0.2, 0.25) is 0 Å². The third-order valence-corrected chi connectivity index (χ3v) is 3.69. The molecule has 1 amide bonds. The normalized spacial score (nSPS) is 21.0. The van der Waals surface area contributed by atoms with Gasteiger partial charge in [-0.2, -0.15) is 23.3 Å². The van der Waals surface area contributed by atoms with Gasteiger partial charge in [-0.3, -0.25) is 4.79 Å². The highest BCUT2D eigenvalue weighted by Gasteiger charge is 2.63. The molecule has 1 aromatic heterocycles. The minimum absolute atomic E-state index is 0.0351. The lowest BCUT2D eigenvalue weighted by Crippen LogP contribution is -2.56. The van der Waals surface area contributed by atoms with Crippen LogP contribution in [0.5, 0.6) is 0 Å². The Morgan fingerprint density at radius 1 is 1.25 bits per heavy atom. The molecular weight excluding hydrogens is 325 g/mol. The highest BCUT2D eigenvalue weighted by atomic mass is 19.4. The van der Waals surface area contributed by atoms with Crippen LogP contribution in [0.2, 0.25) is 0 Å². The number of aliphatic hydroxyl groups is 1. The molecule has 0 saturated heterocycles. The molecule has 0 radical (unpaired) electrons. The van der Waals surface area contributed by atoms with Gasteiger partial charge in [-0.1, -0.05) is 30.3 Å². The average molecular weight is 338 g/mol. The Labute approximate surface area is 135 Å². The van der Waals surface area contributed by atoms with Crippen molar-refractivity contribution < 1.29 is 27.5 Å². The van der Waals surface area contributed by atoms with Gasteiger partial charge in [-0.25, -0.2) is 0 Å². The number of nitrogens with zero attached hydrogens (tertiary/aromatic N) is 2. The number of furan rings is 1. The first-order chi connectivity index (χ1) is 11.2. The van der Waals surface area contributed by atoms with E-state index in [0.717, 1.165) is 0 Å². The van der Waals surface area contributed by atoms with Crippen molar-refractivity contribution in [2.24, 2.45) is 5.10 Å². The molecule has 126 valence electrons. The Bertz CT molecular complexity index is 798. The summed E-state index contributed by atoms with van der Waals surface area (Å²) in [5, 5.41) is 14.0. The van der Waals surface area contributed by atoms with Gasteiger partial charge in [0.05, 0.1) is 12.1 Å². The molecule has 8 heteroatoms. The van der Waals surface area contributed by atoms with E-state index < -0.39 is 24.2 Å². The van der Waals surface area contributed by atoms with Crippen molar-refractivity contribution in [2.75, 3.05) is 0 Å². The SMILES string of the molecule is Cc1ccc(C(=O)N2N=C(c3ccccc3)C[C@]2(O)C(F)(F)F)o1. The zero-order valence-electron chi connectivity index (χ0n) is 12.5. The van der Waals surface area contributed by atoms with Crippen molar-refractivity contribution >= 4 is 11.6 Å². The van der Waals surface area contributed by atoms with Gasteiger partial charge in [0, 0.05) is 0 Å². The fourth-order valence-electron chi connectivity index (χ4n) is 2.43. The van der Waals surface area contributed by atoms with Gasteiger partial charge >= 0.3 is 12.1 Å². The summed E-state index contributed by atoms with van der Waals surface area (Å²) < 4.78 is 45.3. The number of hydrogen-bond acceptors (Lipinski definition) is 4. The molecule has 3 rings (SSSR count). The molecule has 0 unspecified atom stereocenters. The number of alkyl halides is 3. The summed E-state index contributed by atoms with van der Waals surface area (Å²) >= 11 is 0. The molecule has 0 bridgehead atoms. The monoisotopic (exact) mass is 338 g/mol. The number of carbonyl (C=O) groups excluding carboxylic acids is 1. The highest BCUT2D eigenvalue weighted by Crippen LogP contribution is 2.42. The summed E-state index contributed by atoms with van der Waals surface area (Å²) in [5.41, 5.74) is -3.06. The largest absolute Gasteiger partial charge is 0.456 e. The lowest BCUT2D eigenvalue weighted by Gasteiger charge is -2.32. The van der Waals surface area contributed by atoms with Gasteiger partial charge in [-0.15, -0.1) is 0 Å². The molecular formula is C16H13F3N2O3. The van der Waals surface area contributed by atoms with Crippen LogP contribution >= 0.6 is 0 Å². The molecule has 5 nitrogen and oxygen atoms in total. The first-order valence-corrected chi connectivity index (χ1v) is 7.05. The van der Waals surface area contributed by atoms with Crippen LogP contribution in [0.1, 0.15) is 28.3 Å². The maximum Gasteiger partial charge on any atom is 0.438 e. The number of halogens is 3. The summed E-state index contributed by atoms with van der Waals surface area (Å²) in [6.07, 6.45) is -5.93. The third-order valence-electron chi connectivity index (χ3n) is 3.69. The van der Waals surface area contributed by atoms with E-state index in [1.807, 2.05) is 0 Å². The molecule has 1 N–H and O–H groups in total. The predicted molar refractivity (Wildman–Crippen MR) is 78.2 cm³/mol. The minimum Gasteiger partial charge on any atom is -0.456 e. The molecule has 0 aliphatic carbocycles. The first-order valence-electron chi connectivity index (χ1n) is 7.05. The zero-order valence-corrected chi connectivity index (χ0v) is 12.5. The van der Waals surface area contributed by atoms with Crippen LogP contribution in [-0.2, 0) is 0 Å². The molecule has 1 atom stereocenters. The van der Waals surface area contributed by atoms with Crippen LogP contribution in [-0.4, -0.2) is 33.6 Å². The predicted octanol–water partition coefficient (Wildman–Crippen LogP) is 3.09. The number of hydrazone groups is 1. The van der Waals surface area contributed by atoms with E-state index in [-0.39, 0.29) is 16.5 Å². The molecule has 24 heavy (non-hydrogen) atoms. The summed E-state index contributed by atoms with van der Waals surface area (Å²) in [6.45, 7) is 1.55. The number of benzene rings is 1. The van der Waals surface area contributed by atoms with Gasteiger partial charge in [0.15, 0.2) is 5.76 Å². The van der Waals surface area contributed by atoms with Crippen LogP contribution in [0.3, 0.4) is 0 Å². The van der Waals surface area contributed by atoms with Crippen LogP contribution in [0, 0.1) is 6.92 Å². The molecule has 1 aliphatic heterocycles. The van der Waals surface area contributed by atoms with Crippen LogP contribution in [0.25, 0.3) is 0 Å². The van der Waals surface area contributed by atoms with Crippen molar-refractivity contribution in [2.45, 2.75) is 25.2 Å². The molecule has 0 spiro atoms. The molecule has 2 aromatic rings. The Hall–Kier alpha value is -2.61. The van der Waals surface area contributed by atoms with Gasteiger partial charge in [0.1, 0.15) is 5.76 Å². The zero-order chi connectivity index (χ0) is 17.5.